The standard InChI is InChI=1S/C30H54N4O9S/c1-4-5-6-7-8-9-10-11-12-13-14-15-25(36)34-26(20(2)3)27(37)33-22(16-17-24(32)35)30(42)43-23(29(40)41)19-44-18-21(31)28(38)39/h20-23,26H,4-19,31H2,1-3H3,(H2,32,35)(H,33,37)(H,34,36)(H,38,39)(H,40,41)/t21-,22+,23+,26-/m0/s1. The number of thioether (sulfide) groups is 1. The number of nitrogens with one attached hydrogen (secondary N) is 2. The van der Waals surface area contributed by atoms with Crippen LogP contribution in [0.3, 0.4) is 0 Å². The molecule has 0 fully saturated rings. The van der Waals surface area contributed by atoms with Gasteiger partial charge in [-0.1, -0.05) is 85.0 Å². The number of aliphatic carboxylic acids is 2. The Kier molecular flexibility index (Phi) is 22.9. The third kappa shape index (κ3) is 20.2. The molecule has 8 N–H and O–H groups in total. The SMILES string of the molecule is CCCCCCCCCCCCCC(=O)N[C@H](C(=O)N[C@H](CCC(N)=O)C(=O)O[C@H](CSC[C@H](N)C(=O)O)C(=O)O)C(C)C. The van der Waals surface area contributed by atoms with Gasteiger partial charge in [-0.15, -0.1) is 0 Å². The maximum absolute atomic E-state index is 13.1. The van der Waals surface area contributed by atoms with Crippen molar-refractivity contribution in [3.8, 4) is 0 Å². The number of carbonyl (C=O) groups excluding carboxylic acids is 4. The number of ether oxygens (including phenoxy) is 1. The Morgan fingerprint density at radius 2 is 1.32 bits per heavy atom. The van der Waals surface area contributed by atoms with Crippen molar-refractivity contribution in [3.63, 3.8) is 0 Å². The molecule has 0 aliphatic heterocycles. The molecule has 0 aliphatic rings. The lowest BCUT2D eigenvalue weighted by molar-refractivity contribution is -0.164. The lowest BCUT2D eigenvalue weighted by atomic mass is 10.0. The first-order valence-electron chi connectivity index (χ1n) is 15.7. The zero-order valence-electron chi connectivity index (χ0n) is 26.5. The average molecular weight is 647 g/mol. The molecule has 0 spiro atoms. The first kappa shape index (κ1) is 41.1. The van der Waals surface area contributed by atoms with Gasteiger partial charge in [0, 0.05) is 24.3 Å². The van der Waals surface area contributed by atoms with E-state index in [4.69, 9.17) is 21.3 Å². The second-order valence-electron chi connectivity index (χ2n) is 11.4. The number of carboxylic acids is 2. The summed E-state index contributed by atoms with van der Waals surface area (Å²) in [7, 11) is 0. The number of hydrogen-bond acceptors (Lipinski definition) is 9. The van der Waals surface area contributed by atoms with E-state index in [9.17, 15) is 33.9 Å². The van der Waals surface area contributed by atoms with Crippen molar-refractivity contribution in [2.45, 2.75) is 135 Å². The number of rotatable bonds is 27. The first-order valence-corrected chi connectivity index (χ1v) is 16.8. The lowest BCUT2D eigenvalue weighted by Gasteiger charge is -2.25. The van der Waals surface area contributed by atoms with Gasteiger partial charge in [0.2, 0.25) is 23.8 Å². The van der Waals surface area contributed by atoms with Crippen LogP contribution in [0.4, 0.5) is 0 Å². The third-order valence-electron chi connectivity index (χ3n) is 6.97. The summed E-state index contributed by atoms with van der Waals surface area (Å²) in [5, 5.41) is 23.5. The minimum absolute atomic E-state index is 0.118. The molecule has 0 saturated heterocycles. The van der Waals surface area contributed by atoms with Crippen LogP contribution in [-0.4, -0.2) is 81.6 Å². The van der Waals surface area contributed by atoms with E-state index in [0.29, 0.717) is 6.42 Å². The Morgan fingerprint density at radius 3 is 1.80 bits per heavy atom. The van der Waals surface area contributed by atoms with E-state index in [1.54, 1.807) is 13.8 Å². The van der Waals surface area contributed by atoms with Crippen LogP contribution >= 0.6 is 11.8 Å². The molecule has 13 nitrogen and oxygen atoms in total. The molecule has 254 valence electrons. The van der Waals surface area contributed by atoms with E-state index in [1.807, 2.05) is 0 Å². The van der Waals surface area contributed by atoms with Crippen LogP contribution < -0.4 is 22.1 Å². The van der Waals surface area contributed by atoms with Crippen molar-refractivity contribution in [1.29, 1.82) is 0 Å². The second kappa shape index (κ2) is 24.5. The highest BCUT2D eigenvalue weighted by Crippen LogP contribution is 2.14. The third-order valence-corrected chi connectivity index (χ3v) is 8.10. The number of carbonyl (C=O) groups is 6. The van der Waals surface area contributed by atoms with Crippen LogP contribution in [0.15, 0.2) is 0 Å². The van der Waals surface area contributed by atoms with Crippen LogP contribution in [0.2, 0.25) is 0 Å². The summed E-state index contributed by atoms with van der Waals surface area (Å²) in [6.07, 6.45) is 10.7. The number of unbranched alkanes of at least 4 members (excludes halogenated alkanes) is 10. The number of esters is 1. The monoisotopic (exact) mass is 646 g/mol. The molecular formula is C30H54N4O9S. The number of amides is 3. The van der Waals surface area contributed by atoms with E-state index in [0.717, 1.165) is 31.0 Å². The van der Waals surface area contributed by atoms with Crippen LogP contribution in [0, 0.1) is 5.92 Å². The van der Waals surface area contributed by atoms with Crippen molar-refractivity contribution in [2.24, 2.45) is 17.4 Å². The van der Waals surface area contributed by atoms with E-state index in [1.165, 1.54) is 44.9 Å². The smallest absolute Gasteiger partial charge is 0.345 e. The Hall–Kier alpha value is -2.87. The molecule has 0 bridgehead atoms. The molecule has 0 aromatic heterocycles. The Morgan fingerprint density at radius 1 is 0.773 bits per heavy atom. The van der Waals surface area contributed by atoms with Crippen LogP contribution in [-0.2, 0) is 33.5 Å². The fourth-order valence-corrected chi connectivity index (χ4v) is 5.24. The van der Waals surface area contributed by atoms with Gasteiger partial charge in [0.15, 0.2) is 0 Å². The summed E-state index contributed by atoms with van der Waals surface area (Å²) in [6, 6.07) is -3.62. The van der Waals surface area contributed by atoms with Gasteiger partial charge in [-0.25, -0.2) is 9.59 Å². The van der Waals surface area contributed by atoms with Crippen LogP contribution in [0.5, 0.6) is 0 Å². The van der Waals surface area contributed by atoms with Crippen molar-refractivity contribution >= 4 is 47.4 Å². The molecule has 44 heavy (non-hydrogen) atoms. The van der Waals surface area contributed by atoms with Crippen molar-refractivity contribution in [3.05, 3.63) is 0 Å². The van der Waals surface area contributed by atoms with E-state index < -0.39 is 54.0 Å². The molecule has 0 unspecified atom stereocenters. The van der Waals surface area contributed by atoms with E-state index in [-0.39, 0.29) is 42.6 Å². The molecule has 3 amide bonds. The van der Waals surface area contributed by atoms with Gasteiger partial charge in [0.25, 0.3) is 0 Å². The zero-order valence-corrected chi connectivity index (χ0v) is 27.3. The largest absolute Gasteiger partial charge is 0.480 e. The fourth-order valence-electron chi connectivity index (χ4n) is 4.28. The summed E-state index contributed by atoms with van der Waals surface area (Å²) in [6.45, 7) is 5.66. The van der Waals surface area contributed by atoms with E-state index in [2.05, 4.69) is 17.6 Å². The highest BCUT2D eigenvalue weighted by atomic mass is 32.2. The Bertz CT molecular complexity index is 904. The molecule has 0 saturated carbocycles. The predicted octanol–water partition coefficient (Wildman–Crippen LogP) is 2.72. The summed E-state index contributed by atoms with van der Waals surface area (Å²) in [5.41, 5.74) is 10.6. The molecular weight excluding hydrogens is 592 g/mol. The summed E-state index contributed by atoms with van der Waals surface area (Å²) >= 11 is 0.870. The predicted molar refractivity (Wildman–Crippen MR) is 169 cm³/mol. The van der Waals surface area contributed by atoms with Gasteiger partial charge >= 0.3 is 17.9 Å². The van der Waals surface area contributed by atoms with Gasteiger partial charge in [-0.05, 0) is 18.8 Å². The van der Waals surface area contributed by atoms with Crippen LogP contribution in [0.1, 0.15) is 111 Å². The molecule has 0 radical (unpaired) electrons. The van der Waals surface area contributed by atoms with Crippen molar-refractivity contribution in [1.82, 2.24) is 10.6 Å². The lowest BCUT2D eigenvalue weighted by Crippen LogP contribution is -2.54. The van der Waals surface area contributed by atoms with Crippen LogP contribution in [0.25, 0.3) is 0 Å². The average Bonchev–Trinajstić information content (AvgIpc) is 2.95. The molecule has 0 aromatic carbocycles. The summed E-state index contributed by atoms with van der Waals surface area (Å²) in [4.78, 5) is 72.5. The minimum Gasteiger partial charge on any atom is -0.480 e. The molecule has 14 heteroatoms. The molecule has 0 rings (SSSR count). The quantitative estimate of drug-likeness (QED) is 0.0561. The molecule has 0 aromatic rings. The Balaban J connectivity index is 4.95. The van der Waals surface area contributed by atoms with Gasteiger partial charge in [-0.2, -0.15) is 11.8 Å². The summed E-state index contributed by atoms with van der Waals surface area (Å²) < 4.78 is 5.09. The molecule has 0 aliphatic carbocycles. The topological polar surface area (TPSA) is 228 Å². The normalized spacial score (nSPS) is 13.8. The Labute approximate surface area is 265 Å². The van der Waals surface area contributed by atoms with Crippen molar-refractivity contribution < 1.29 is 43.7 Å². The number of primary amides is 1. The molecule has 4 atom stereocenters. The van der Waals surface area contributed by atoms with Gasteiger partial charge in [0.1, 0.15) is 18.1 Å². The minimum atomic E-state index is -1.66. The second-order valence-corrected chi connectivity index (χ2v) is 12.5. The highest BCUT2D eigenvalue weighted by molar-refractivity contribution is 7.99. The zero-order chi connectivity index (χ0) is 33.5. The van der Waals surface area contributed by atoms with Gasteiger partial charge < -0.3 is 37.1 Å². The maximum atomic E-state index is 13.1. The van der Waals surface area contributed by atoms with E-state index >= 15 is 0 Å². The maximum Gasteiger partial charge on any atom is 0.345 e. The van der Waals surface area contributed by atoms with Crippen molar-refractivity contribution in [2.75, 3.05) is 11.5 Å². The van der Waals surface area contributed by atoms with Gasteiger partial charge in [-0.3, -0.25) is 19.2 Å². The fraction of sp³-hybridized carbons (Fsp3) is 0.800. The molecule has 0 heterocycles. The first-order chi connectivity index (χ1) is 20.8. The number of carboxylic acid groups (broad SMARTS) is 2. The highest BCUT2D eigenvalue weighted by Gasteiger charge is 2.32. The summed E-state index contributed by atoms with van der Waals surface area (Å²) in [5.74, 6) is -6.33. The number of nitrogens with two attached hydrogens (primary N) is 2. The van der Waals surface area contributed by atoms with Gasteiger partial charge in [0.05, 0.1) is 0 Å². The number of hydrogen-bond donors (Lipinski definition) is 6.